The fourth-order valence-electron chi connectivity index (χ4n) is 3.66. The molecule has 3 aromatic rings. The number of methoxy groups -OCH3 is 1. The summed E-state index contributed by atoms with van der Waals surface area (Å²) in [5.74, 6) is 0.404. The molecule has 0 unspecified atom stereocenters. The Balaban J connectivity index is 1.48. The van der Waals surface area contributed by atoms with Crippen molar-refractivity contribution >= 4 is 17.6 Å². The maximum atomic E-state index is 10.9. The standard InChI is InChI=1S/C25H23ClO6/c1-29-24-18(5-3-7-22(24)17-4-2-6-20(26)12-17)13-31-21-10-8-19(9-11-21)25(15-30-16-25)32-14-23(27)28/h2-12H,13-16H2,1H3,(H,27,28). The predicted molar refractivity (Wildman–Crippen MR) is 120 cm³/mol. The van der Waals surface area contributed by atoms with E-state index in [-0.39, 0.29) is 6.61 Å². The third-order valence-corrected chi connectivity index (χ3v) is 5.59. The second kappa shape index (κ2) is 9.61. The van der Waals surface area contributed by atoms with Gasteiger partial charge in [0, 0.05) is 16.1 Å². The van der Waals surface area contributed by atoms with E-state index in [0.29, 0.717) is 30.6 Å². The van der Waals surface area contributed by atoms with Gasteiger partial charge >= 0.3 is 5.97 Å². The number of aliphatic carboxylic acids is 1. The fraction of sp³-hybridized carbons (Fsp3) is 0.240. The van der Waals surface area contributed by atoms with Crippen LogP contribution in [-0.2, 0) is 26.5 Å². The highest BCUT2D eigenvalue weighted by Crippen LogP contribution is 2.36. The molecule has 0 aromatic heterocycles. The number of carboxylic acid groups (broad SMARTS) is 1. The van der Waals surface area contributed by atoms with Crippen LogP contribution >= 0.6 is 11.6 Å². The Bertz CT molecular complexity index is 1090. The number of carbonyl (C=O) groups is 1. The van der Waals surface area contributed by atoms with E-state index in [0.717, 1.165) is 28.0 Å². The van der Waals surface area contributed by atoms with Crippen molar-refractivity contribution in [1.82, 2.24) is 0 Å². The summed E-state index contributed by atoms with van der Waals surface area (Å²) in [6.45, 7) is 0.604. The number of hydrogen-bond acceptors (Lipinski definition) is 5. The molecular formula is C25H23ClO6. The maximum Gasteiger partial charge on any atom is 0.329 e. The second-order valence-corrected chi connectivity index (χ2v) is 7.93. The van der Waals surface area contributed by atoms with Crippen molar-refractivity contribution in [3.63, 3.8) is 0 Å². The Morgan fingerprint density at radius 3 is 2.47 bits per heavy atom. The summed E-state index contributed by atoms with van der Waals surface area (Å²) in [6, 6.07) is 21.0. The van der Waals surface area contributed by atoms with Crippen LogP contribution in [0.3, 0.4) is 0 Å². The molecule has 7 heteroatoms. The van der Waals surface area contributed by atoms with Gasteiger partial charge in [0.25, 0.3) is 0 Å². The summed E-state index contributed by atoms with van der Waals surface area (Å²) in [5.41, 5.74) is 2.95. The van der Waals surface area contributed by atoms with E-state index >= 15 is 0 Å². The lowest BCUT2D eigenvalue weighted by atomic mass is 9.91. The first-order valence-electron chi connectivity index (χ1n) is 10.1. The highest BCUT2D eigenvalue weighted by Gasteiger charge is 2.42. The van der Waals surface area contributed by atoms with E-state index in [9.17, 15) is 4.79 Å². The van der Waals surface area contributed by atoms with Crippen LogP contribution in [0.5, 0.6) is 11.5 Å². The lowest BCUT2D eigenvalue weighted by Gasteiger charge is -2.41. The number of hydrogen-bond donors (Lipinski definition) is 1. The fourth-order valence-corrected chi connectivity index (χ4v) is 3.85. The van der Waals surface area contributed by atoms with Crippen LogP contribution < -0.4 is 9.47 Å². The molecule has 1 heterocycles. The third kappa shape index (κ3) is 4.72. The summed E-state index contributed by atoms with van der Waals surface area (Å²) in [5, 5.41) is 9.57. The number of rotatable bonds is 9. The molecule has 0 radical (unpaired) electrons. The SMILES string of the molecule is COc1c(COc2ccc(C3(OCC(=O)O)COC3)cc2)cccc1-c1cccc(Cl)c1. The molecule has 0 amide bonds. The van der Waals surface area contributed by atoms with Crippen molar-refractivity contribution in [2.75, 3.05) is 26.9 Å². The summed E-state index contributed by atoms with van der Waals surface area (Å²) >= 11 is 6.15. The Morgan fingerprint density at radius 2 is 1.84 bits per heavy atom. The van der Waals surface area contributed by atoms with Crippen molar-refractivity contribution in [3.05, 3.63) is 82.9 Å². The molecule has 1 fully saturated rings. The Labute approximate surface area is 191 Å². The largest absolute Gasteiger partial charge is 0.496 e. The van der Waals surface area contributed by atoms with Crippen LogP contribution in [0.25, 0.3) is 11.1 Å². The highest BCUT2D eigenvalue weighted by atomic mass is 35.5. The number of ether oxygens (including phenoxy) is 4. The van der Waals surface area contributed by atoms with E-state index < -0.39 is 11.6 Å². The summed E-state index contributed by atoms with van der Waals surface area (Å²) in [4.78, 5) is 10.9. The van der Waals surface area contributed by atoms with Gasteiger partial charge in [0.05, 0.1) is 20.3 Å². The van der Waals surface area contributed by atoms with E-state index in [1.165, 1.54) is 0 Å². The van der Waals surface area contributed by atoms with Crippen LogP contribution in [0.1, 0.15) is 11.1 Å². The molecule has 0 bridgehead atoms. The quantitative estimate of drug-likeness (QED) is 0.494. The maximum absolute atomic E-state index is 10.9. The van der Waals surface area contributed by atoms with Gasteiger partial charge in [-0.3, -0.25) is 0 Å². The molecule has 0 aliphatic carbocycles. The van der Waals surface area contributed by atoms with E-state index in [1.807, 2.05) is 66.7 Å². The Hall–Kier alpha value is -3.06. The van der Waals surface area contributed by atoms with Crippen LogP contribution in [0, 0.1) is 0 Å². The first-order chi connectivity index (χ1) is 15.5. The van der Waals surface area contributed by atoms with Crippen molar-refractivity contribution in [2.24, 2.45) is 0 Å². The number of carboxylic acids is 1. The minimum Gasteiger partial charge on any atom is -0.496 e. The topological polar surface area (TPSA) is 74.2 Å². The smallest absolute Gasteiger partial charge is 0.329 e. The zero-order chi connectivity index (χ0) is 22.6. The van der Waals surface area contributed by atoms with Crippen LogP contribution in [0.4, 0.5) is 0 Å². The van der Waals surface area contributed by atoms with Crippen LogP contribution in [0.15, 0.2) is 66.7 Å². The average Bonchev–Trinajstić information content (AvgIpc) is 2.77. The van der Waals surface area contributed by atoms with Gasteiger partial charge in [-0.25, -0.2) is 4.79 Å². The van der Waals surface area contributed by atoms with E-state index in [4.69, 9.17) is 35.7 Å². The molecule has 4 rings (SSSR count). The van der Waals surface area contributed by atoms with Gasteiger partial charge in [0.15, 0.2) is 0 Å². The van der Waals surface area contributed by atoms with E-state index in [2.05, 4.69) is 0 Å². The minimum absolute atomic E-state index is 0.320. The monoisotopic (exact) mass is 454 g/mol. The molecule has 166 valence electrons. The van der Waals surface area contributed by atoms with E-state index in [1.54, 1.807) is 7.11 Å². The van der Waals surface area contributed by atoms with Crippen molar-refractivity contribution < 1.29 is 28.8 Å². The first-order valence-corrected chi connectivity index (χ1v) is 10.5. The van der Waals surface area contributed by atoms with Crippen molar-refractivity contribution in [3.8, 4) is 22.6 Å². The molecule has 1 saturated heterocycles. The summed E-state index contributed by atoms with van der Waals surface area (Å²) in [6.07, 6.45) is 0. The van der Waals surface area contributed by atoms with Crippen LogP contribution in [0.2, 0.25) is 5.02 Å². The second-order valence-electron chi connectivity index (χ2n) is 7.49. The predicted octanol–water partition coefficient (Wildman–Crippen LogP) is 4.92. The molecule has 0 saturated carbocycles. The Morgan fingerprint density at radius 1 is 1.09 bits per heavy atom. The molecular weight excluding hydrogens is 432 g/mol. The van der Waals surface area contributed by atoms with Gasteiger partial charge in [-0.1, -0.05) is 54.1 Å². The normalized spacial score (nSPS) is 14.4. The molecule has 32 heavy (non-hydrogen) atoms. The molecule has 1 aliphatic rings. The zero-order valence-corrected chi connectivity index (χ0v) is 18.3. The molecule has 0 spiro atoms. The molecule has 3 aromatic carbocycles. The molecule has 6 nitrogen and oxygen atoms in total. The lowest BCUT2D eigenvalue weighted by molar-refractivity contribution is -0.220. The van der Waals surface area contributed by atoms with Gasteiger partial charge in [0.1, 0.15) is 30.3 Å². The lowest BCUT2D eigenvalue weighted by Crippen LogP contribution is -2.49. The third-order valence-electron chi connectivity index (χ3n) is 5.35. The number of para-hydroxylation sites is 1. The highest BCUT2D eigenvalue weighted by molar-refractivity contribution is 6.30. The van der Waals surface area contributed by atoms with Crippen LogP contribution in [-0.4, -0.2) is 38.0 Å². The summed E-state index contributed by atoms with van der Waals surface area (Å²) < 4.78 is 22.5. The van der Waals surface area contributed by atoms with Crippen molar-refractivity contribution in [1.29, 1.82) is 0 Å². The van der Waals surface area contributed by atoms with Crippen molar-refractivity contribution in [2.45, 2.75) is 12.2 Å². The van der Waals surface area contributed by atoms with Gasteiger partial charge < -0.3 is 24.1 Å². The first kappa shape index (κ1) is 22.1. The van der Waals surface area contributed by atoms with Gasteiger partial charge in [-0.2, -0.15) is 0 Å². The molecule has 1 aliphatic heterocycles. The average molecular weight is 455 g/mol. The number of benzene rings is 3. The summed E-state index contributed by atoms with van der Waals surface area (Å²) in [7, 11) is 1.64. The van der Waals surface area contributed by atoms with Gasteiger partial charge in [0.2, 0.25) is 0 Å². The minimum atomic E-state index is -1.01. The molecule has 0 atom stereocenters. The molecule has 1 N–H and O–H groups in total. The Kier molecular flexibility index (Phi) is 6.65. The van der Waals surface area contributed by atoms with Gasteiger partial charge in [-0.15, -0.1) is 0 Å². The number of halogens is 1. The zero-order valence-electron chi connectivity index (χ0n) is 17.5. The van der Waals surface area contributed by atoms with Gasteiger partial charge in [-0.05, 0) is 35.4 Å².